The molecule has 6 heteroatoms. The van der Waals surface area contributed by atoms with Gasteiger partial charge in [-0.15, -0.1) is 0 Å². The van der Waals surface area contributed by atoms with Gasteiger partial charge in [-0.05, 0) is 42.2 Å². The van der Waals surface area contributed by atoms with Crippen molar-refractivity contribution in [3.8, 4) is 0 Å². The fourth-order valence-electron chi connectivity index (χ4n) is 2.64. The molecule has 1 heterocycles. The van der Waals surface area contributed by atoms with Gasteiger partial charge in [-0.2, -0.15) is 13.2 Å². The van der Waals surface area contributed by atoms with Crippen LogP contribution in [0.3, 0.4) is 0 Å². The largest absolute Gasteiger partial charge is 0.416 e. The second-order valence-electron chi connectivity index (χ2n) is 5.05. The Balaban J connectivity index is 1.72. The highest BCUT2D eigenvalue weighted by molar-refractivity contribution is 5.38. The van der Waals surface area contributed by atoms with E-state index in [-0.39, 0.29) is 6.04 Å². The van der Waals surface area contributed by atoms with Gasteiger partial charge in [0.25, 0.3) is 0 Å². The second-order valence-corrected chi connectivity index (χ2v) is 5.05. The summed E-state index contributed by atoms with van der Waals surface area (Å²) < 4.78 is 38.1. The average Bonchev–Trinajstić information content (AvgIpc) is 2.87. The zero-order valence-corrected chi connectivity index (χ0v) is 11.2. The van der Waals surface area contributed by atoms with Crippen molar-refractivity contribution in [2.75, 3.05) is 0 Å². The summed E-state index contributed by atoms with van der Waals surface area (Å²) >= 11 is 0. The number of nitrogens with one attached hydrogen (secondary N) is 1. The third-order valence-electron chi connectivity index (χ3n) is 3.67. The van der Waals surface area contributed by atoms with Crippen molar-refractivity contribution in [1.82, 2.24) is 15.3 Å². The minimum absolute atomic E-state index is 0.0612. The van der Waals surface area contributed by atoms with Crippen molar-refractivity contribution >= 4 is 0 Å². The average molecular weight is 293 g/mol. The van der Waals surface area contributed by atoms with Crippen molar-refractivity contribution < 1.29 is 13.2 Å². The van der Waals surface area contributed by atoms with E-state index in [1.165, 1.54) is 6.07 Å². The van der Waals surface area contributed by atoms with Crippen LogP contribution in [-0.4, -0.2) is 9.97 Å². The number of alkyl halides is 3. The molecule has 0 radical (unpaired) electrons. The number of aromatic nitrogens is 2. The van der Waals surface area contributed by atoms with Gasteiger partial charge in [0.05, 0.1) is 12.1 Å². The lowest BCUT2D eigenvalue weighted by Gasteiger charge is -2.14. The first-order chi connectivity index (χ1) is 10.0. The zero-order valence-electron chi connectivity index (χ0n) is 11.2. The molecule has 0 aliphatic heterocycles. The highest BCUT2D eigenvalue weighted by atomic mass is 19.4. The van der Waals surface area contributed by atoms with Crippen molar-refractivity contribution in [1.29, 1.82) is 0 Å². The lowest BCUT2D eigenvalue weighted by atomic mass is 10.0. The molecule has 1 aliphatic rings. The molecule has 3 nitrogen and oxygen atoms in total. The molecule has 1 aliphatic carbocycles. The molecular formula is C15H14F3N3. The molecule has 1 unspecified atom stereocenters. The van der Waals surface area contributed by atoms with Gasteiger partial charge in [0.1, 0.15) is 5.82 Å². The van der Waals surface area contributed by atoms with Crippen LogP contribution in [-0.2, 0) is 19.1 Å². The van der Waals surface area contributed by atoms with Crippen LogP contribution < -0.4 is 5.32 Å². The third-order valence-corrected chi connectivity index (χ3v) is 3.67. The van der Waals surface area contributed by atoms with Crippen LogP contribution in [0.25, 0.3) is 0 Å². The normalized spacial score (nSPS) is 17.8. The van der Waals surface area contributed by atoms with E-state index >= 15 is 0 Å². The number of halogens is 3. The molecule has 1 aromatic heterocycles. The molecule has 21 heavy (non-hydrogen) atoms. The Hall–Kier alpha value is -1.95. The number of nitrogens with zero attached hydrogens (tertiary/aromatic N) is 2. The van der Waals surface area contributed by atoms with Crippen molar-refractivity contribution in [3.05, 3.63) is 59.2 Å². The Kier molecular flexibility index (Phi) is 3.63. The van der Waals surface area contributed by atoms with E-state index in [1.54, 1.807) is 24.5 Å². The van der Waals surface area contributed by atoms with Crippen LogP contribution in [0.4, 0.5) is 13.2 Å². The number of benzene rings is 1. The smallest absolute Gasteiger partial charge is 0.303 e. The number of rotatable bonds is 3. The Morgan fingerprint density at radius 2 is 1.95 bits per heavy atom. The van der Waals surface area contributed by atoms with Crippen LogP contribution in [0.2, 0.25) is 0 Å². The minimum atomic E-state index is -4.28. The summed E-state index contributed by atoms with van der Waals surface area (Å²) in [5.74, 6) is 0.679. The standard InChI is InChI=1S/C15H14F3N3/c16-15(17,18)11-3-4-12-10(8-11)2-5-13(12)21-9-14-19-6-1-7-20-14/h1,3-4,6-8,13,21H,2,5,9H2. The molecule has 1 N–H and O–H groups in total. The van der Waals surface area contributed by atoms with E-state index in [0.717, 1.165) is 23.6 Å². The van der Waals surface area contributed by atoms with E-state index in [9.17, 15) is 13.2 Å². The van der Waals surface area contributed by atoms with Crippen molar-refractivity contribution in [2.24, 2.45) is 0 Å². The van der Waals surface area contributed by atoms with Crippen LogP contribution >= 0.6 is 0 Å². The van der Waals surface area contributed by atoms with E-state index in [4.69, 9.17) is 0 Å². The Morgan fingerprint density at radius 1 is 1.19 bits per heavy atom. The summed E-state index contributed by atoms with van der Waals surface area (Å²) in [6.45, 7) is 0.506. The van der Waals surface area contributed by atoms with Gasteiger partial charge in [-0.3, -0.25) is 0 Å². The summed E-state index contributed by atoms with van der Waals surface area (Å²) in [6, 6.07) is 5.79. The van der Waals surface area contributed by atoms with Crippen molar-refractivity contribution in [2.45, 2.75) is 31.6 Å². The minimum Gasteiger partial charge on any atom is -0.303 e. The second kappa shape index (κ2) is 5.44. The molecule has 1 aromatic carbocycles. The predicted octanol–water partition coefficient (Wildman–Crippen LogP) is 3.27. The highest BCUT2D eigenvalue weighted by Crippen LogP contribution is 2.36. The number of aryl methyl sites for hydroxylation is 1. The van der Waals surface area contributed by atoms with Crippen LogP contribution in [0.15, 0.2) is 36.7 Å². The summed E-state index contributed by atoms with van der Waals surface area (Å²) in [7, 11) is 0. The molecular weight excluding hydrogens is 279 g/mol. The summed E-state index contributed by atoms with van der Waals surface area (Å²) in [5, 5.41) is 3.31. The van der Waals surface area contributed by atoms with E-state index in [0.29, 0.717) is 18.8 Å². The Labute approximate surface area is 120 Å². The van der Waals surface area contributed by atoms with Crippen LogP contribution in [0.5, 0.6) is 0 Å². The molecule has 0 saturated carbocycles. The first-order valence-corrected chi connectivity index (χ1v) is 6.73. The molecule has 1 atom stereocenters. The maximum absolute atomic E-state index is 12.7. The predicted molar refractivity (Wildman–Crippen MR) is 71.4 cm³/mol. The quantitative estimate of drug-likeness (QED) is 0.943. The molecule has 0 saturated heterocycles. The SMILES string of the molecule is FC(F)(F)c1ccc2c(c1)CCC2NCc1ncccn1. The van der Waals surface area contributed by atoms with Gasteiger partial charge in [0.15, 0.2) is 0 Å². The van der Waals surface area contributed by atoms with Gasteiger partial charge in [0.2, 0.25) is 0 Å². The number of fused-ring (bicyclic) bond motifs is 1. The van der Waals surface area contributed by atoms with Gasteiger partial charge < -0.3 is 5.32 Å². The van der Waals surface area contributed by atoms with Crippen LogP contribution in [0.1, 0.15) is 35.0 Å². The monoisotopic (exact) mass is 293 g/mol. The van der Waals surface area contributed by atoms with Crippen molar-refractivity contribution in [3.63, 3.8) is 0 Å². The fourth-order valence-corrected chi connectivity index (χ4v) is 2.64. The molecule has 0 amide bonds. The molecule has 110 valence electrons. The van der Waals surface area contributed by atoms with E-state index < -0.39 is 11.7 Å². The number of hydrogen-bond acceptors (Lipinski definition) is 3. The fraction of sp³-hybridized carbons (Fsp3) is 0.333. The van der Waals surface area contributed by atoms with Crippen LogP contribution in [0, 0.1) is 0 Å². The van der Waals surface area contributed by atoms with Gasteiger partial charge >= 0.3 is 6.18 Å². The molecule has 0 spiro atoms. The summed E-state index contributed by atoms with van der Waals surface area (Å²) in [4.78, 5) is 8.24. The van der Waals surface area contributed by atoms with Gasteiger partial charge in [-0.25, -0.2) is 9.97 Å². The van der Waals surface area contributed by atoms with E-state index in [2.05, 4.69) is 15.3 Å². The molecule has 2 aromatic rings. The maximum atomic E-state index is 12.7. The first-order valence-electron chi connectivity index (χ1n) is 6.73. The molecule has 0 fully saturated rings. The van der Waals surface area contributed by atoms with E-state index in [1.807, 2.05) is 0 Å². The van der Waals surface area contributed by atoms with Gasteiger partial charge in [-0.1, -0.05) is 6.07 Å². The highest BCUT2D eigenvalue weighted by Gasteiger charge is 2.32. The molecule has 3 rings (SSSR count). The summed E-state index contributed by atoms with van der Waals surface area (Å²) in [5.41, 5.74) is 1.14. The third kappa shape index (κ3) is 3.05. The summed E-state index contributed by atoms with van der Waals surface area (Å²) in [6.07, 6.45) is 0.513. The topological polar surface area (TPSA) is 37.8 Å². The zero-order chi connectivity index (χ0) is 14.9. The molecule has 0 bridgehead atoms. The van der Waals surface area contributed by atoms with Gasteiger partial charge in [0, 0.05) is 18.4 Å². The Morgan fingerprint density at radius 3 is 2.67 bits per heavy atom. The number of hydrogen-bond donors (Lipinski definition) is 1. The first kappa shape index (κ1) is 14.0. The lowest BCUT2D eigenvalue weighted by molar-refractivity contribution is -0.137. The Bertz CT molecular complexity index is 626. The lowest BCUT2D eigenvalue weighted by Crippen LogP contribution is -2.20. The maximum Gasteiger partial charge on any atom is 0.416 e.